The fraction of sp³-hybridized carbons (Fsp3) is 0.364. The molecule has 3 heterocycles. The molecule has 3 aromatic rings. The number of hydrogen-bond donors (Lipinski definition) is 5. The van der Waals surface area contributed by atoms with Gasteiger partial charge in [0.05, 0.1) is 17.6 Å². The van der Waals surface area contributed by atoms with Gasteiger partial charge in [0.2, 0.25) is 5.91 Å². The molecule has 32 heavy (non-hydrogen) atoms. The van der Waals surface area contributed by atoms with Crippen LogP contribution in [-0.2, 0) is 4.79 Å². The van der Waals surface area contributed by atoms with Gasteiger partial charge in [0.15, 0.2) is 6.80 Å². The third-order valence-electron chi connectivity index (χ3n) is 4.89. The van der Waals surface area contributed by atoms with Gasteiger partial charge in [-0.1, -0.05) is 20.8 Å². The highest BCUT2D eigenvalue weighted by molar-refractivity contribution is 5.98. The van der Waals surface area contributed by atoms with Crippen molar-refractivity contribution in [3.8, 4) is 11.1 Å². The number of anilines is 2. The number of nitrogens with one attached hydrogen (secondary N) is 5. The molecule has 0 saturated heterocycles. The molecule has 3 rings (SSSR count). The van der Waals surface area contributed by atoms with E-state index in [4.69, 9.17) is 0 Å². The number of alkyl halides is 1. The van der Waals surface area contributed by atoms with Crippen LogP contribution in [0, 0.1) is 5.92 Å². The molecule has 0 aromatic carbocycles. The fourth-order valence-electron chi connectivity index (χ4n) is 3.28. The predicted octanol–water partition coefficient (Wildman–Crippen LogP) is 3.64. The number of aromatic amines is 1. The van der Waals surface area contributed by atoms with Gasteiger partial charge in [0.1, 0.15) is 11.7 Å². The van der Waals surface area contributed by atoms with E-state index in [2.05, 4.69) is 36.2 Å². The summed E-state index contributed by atoms with van der Waals surface area (Å²) in [5.41, 5.74) is 3.50. The summed E-state index contributed by atoms with van der Waals surface area (Å²) in [7, 11) is 0. The minimum absolute atomic E-state index is 0.0602. The molecule has 0 saturated carbocycles. The van der Waals surface area contributed by atoms with Crippen molar-refractivity contribution >= 4 is 34.3 Å². The smallest absolute Gasteiger partial charge is 0.319 e. The van der Waals surface area contributed by atoms with Crippen LogP contribution >= 0.6 is 0 Å². The third-order valence-corrected chi connectivity index (χ3v) is 4.89. The molecule has 170 valence electrons. The molecule has 5 N–H and O–H groups in total. The molecule has 1 unspecified atom stereocenters. The van der Waals surface area contributed by atoms with Crippen molar-refractivity contribution in [1.82, 2.24) is 25.6 Å². The topological polar surface area (TPSA) is 124 Å². The quantitative estimate of drug-likeness (QED) is 0.324. The Hall–Kier alpha value is -3.69. The van der Waals surface area contributed by atoms with E-state index in [1.54, 1.807) is 18.6 Å². The second-order valence-electron chi connectivity index (χ2n) is 7.71. The number of urea groups is 1. The number of rotatable bonds is 9. The highest BCUT2D eigenvalue weighted by atomic mass is 19.1. The van der Waals surface area contributed by atoms with Crippen molar-refractivity contribution in [3.63, 3.8) is 0 Å². The second-order valence-corrected chi connectivity index (χ2v) is 7.71. The van der Waals surface area contributed by atoms with Gasteiger partial charge in [0, 0.05) is 41.6 Å². The summed E-state index contributed by atoms with van der Waals surface area (Å²) in [6.45, 7) is 5.40. The molecule has 10 heteroatoms. The molecular formula is C22H28FN7O2. The number of carbonyl (C=O) groups is 2. The Morgan fingerprint density at radius 2 is 1.94 bits per heavy atom. The standard InChI is InChI=1S/C22H28FN7O2/c1-4-5-25-22(32)30-16-7-17-18(11-27-20(17)26-10-16)14-6-15(9-24-8-14)29-19(13(2)3)21(31)28-12-23/h6-11,13,19,29H,4-5,12H2,1-3H3,(H,26,27)(H,28,31)(H2,25,30,32). The number of halogens is 1. The Bertz CT molecular complexity index is 1080. The maximum Gasteiger partial charge on any atom is 0.319 e. The Balaban J connectivity index is 1.86. The summed E-state index contributed by atoms with van der Waals surface area (Å²) < 4.78 is 12.6. The first-order valence-corrected chi connectivity index (χ1v) is 10.5. The number of aromatic nitrogens is 3. The Morgan fingerprint density at radius 1 is 1.12 bits per heavy atom. The molecule has 0 aliphatic carbocycles. The molecular weight excluding hydrogens is 413 g/mol. The number of pyridine rings is 2. The van der Waals surface area contributed by atoms with Gasteiger partial charge in [-0.05, 0) is 24.5 Å². The Labute approximate surface area is 185 Å². The van der Waals surface area contributed by atoms with E-state index >= 15 is 0 Å². The van der Waals surface area contributed by atoms with Gasteiger partial charge in [-0.15, -0.1) is 0 Å². The molecule has 0 bridgehead atoms. The molecule has 0 spiro atoms. The molecule has 3 aromatic heterocycles. The first-order chi connectivity index (χ1) is 15.4. The SMILES string of the molecule is CCCNC(=O)Nc1cnc2[nH]cc(-c3cncc(NC(C(=O)NCF)C(C)C)c3)c2c1. The van der Waals surface area contributed by atoms with Crippen LogP contribution in [0.3, 0.4) is 0 Å². The molecule has 0 aliphatic rings. The molecule has 0 aliphatic heterocycles. The summed E-state index contributed by atoms with van der Waals surface area (Å²) in [6.07, 6.45) is 7.56. The largest absolute Gasteiger partial charge is 0.372 e. The van der Waals surface area contributed by atoms with Crippen LogP contribution in [0.4, 0.5) is 20.6 Å². The van der Waals surface area contributed by atoms with Crippen LogP contribution in [0.1, 0.15) is 27.2 Å². The maximum atomic E-state index is 12.6. The minimum Gasteiger partial charge on any atom is -0.372 e. The van der Waals surface area contributed by atoms with Crippen LogP contribution in [0.2, 0.25) is 0 Å². The first-order valence-electron chi connectivity index (χ1n) is 10.5. The summed E-state index contributed by atoms with van der Waals surface area (Å²) >= 11 is 0. The zero-order valence-corrected chi connectivity index (χ0v) is 18.3. The lowest BCUT2D eigenvalue weighted by Crippen LogP contribution is -2.42. The van der Waals surface area contributed by atoms with Crippen LogP contribution in [0.15, 0.2) is 36.9 Å². The normalized spacial score (nSPS) is 11.9. The monoisotopic (exact) mass is 441 g/mol. The van der Waals surface area contributed by atoms with Gasteiger partial charge < -0.3 is 26.3 Å². The molecule has 1 atom stereocenters. The van der Waals surface area contributed by atoms with E-state index < -0.39 is 18.7 Å². The number of nitrogens with zero attached hydrogens (tertiary/aromatic N) is 2. The maximum absolute atomic E-state index is 12.6. The molecule has 0 fully saturated rings. The van der Waals surface area contributed by atoms with E-state index in [0.717, 1.165) is 22.9 Å². The van der Waals surface area contributed by atoms with Gasteiger partial charge in [-0.2, -0.15) is 0 Å². The van der Waals surface area contributed by atoms with E-state index in [9.17, 15) is 14.0 Å². The zero-order valence-electron chi connectivity index (χ0n) is 18.3. The highest BCUT2D eigenvalue weighted by Crippen LogP contribution is 2.30. The average molecular weight is 442 g/mol. The van der Waals surface area contributed by atoms with Crippen molar-refractivity contribution in [3.05, 3.63) is 36.9 Å². The van der Waals surface area contributed by atoms with Crippen LogP contribution in [0.25, 0.3) is 22.2 Å². The van der Waals surface area contributed by atoms with Crippen LogP contribution in [-0.4, -0.2) is 46.3 Å². The van der Waals surface area contributed by atoms with E-state index in [0.29, 0.717) is 23.6 Å². The number of H-pyrrole nitrogens is 1. The molecule has 9 nitrogen and oxygen atoms in total. The van der Waals surface area contributed by atoms with Gasteiger partial charge in [-0.3, -0.25) is 9.78 Å². The van der Waals surface area contributed by atoms with Crippen molar-refractivity contribution in [2.75, 3.05) is 24.0 Å². The van der Waals surface area contributed by atoms with E-state index in [1.165, 1.54) is 0 Å². The minimum atomic E-state index is -0.919. The predicted molar refractivity (Wildman–Crippen MR) is 123 cm³/mol. The molecule has 3 amide bonds. The third kappa shape index (κ3) is 5.51. The van der Waals surface area contributed by atoms with Gasteiger partial charge >= 0.3 is 6.03 Å². The summed E-state index contributed by atoms with van der Waals surface area (Å²) in [5.74, 6) is -0.476. The molecule has 0 radical (unpaired) electrons. The number of amides is 3. The number of carbonyl (C=O) groups excluding carboxylic acids is 2. The van der Waals surface area contributed by atoms with Crippen molar-refractivity contribution in [2.24, 2.45) is 5.92 Å². The van der Waals surface area contributed by atoms with Crippen molar-refractivity contribution < 1.29 is 14.0 Å². The summed E-state index contributed by atoms with van der Waals surface area (Å²) in [5, 5.41) is 11.7. The lowest BCUT2D eigenvalue weighted by Gasteiger charge is -2.22. The average Bonchev–Trinajstić information content (AvgIpc) is 3.19. The fourth-order valence-corrected chi connectivity index (χ4v) is 3.28. The van der Waals surface area contributed by atoms with Crippen molar-refractivity contribution in [2.45, 2.75) is 33.2 Å². The number of hydrogen-bond acceptors (Lipinski definition) is 5. The van der Waals surface area contributed by atoms with E-state index in [1.807, 2.05) is 39.1 Å². The van der Waals surface area contributed by atoms with E-state index in [-0.39, 0.29) is 11.9 Å². The first kappa shape index (κ1) is 23.0. The van der Waals surface area contributed by atoms with Crippen LogP contribution in [0.5, 0.6) is 0 Å². The Kier molecular flexibility index (Phi) is 7.58. The van der Waals surface area contributed by atoms with Gasteiger partial charge in [-0.25, -0.2) is 14.2 Å². The second kappa shape index (κ2) is 10.6. The van der Waals surface area contributed by atoms with Crippen LogP contribution < -0.4 is 21.3 Å². The summed E-state index contributed by atoms with van der Waals surface area (Å²) in [6, 6.07) is 2.81. The highest BCUT2D eigenvalue weighted by Gasteiger charge is 2.22. The lowest BCUT2D eigenvalue weighted by atomic mass is 10.0. The zero-order chi connectivity index (χ0) is 23.1. The van der Waals surface area contributed by atoms with Crippen molar-refractivity contribution in [1.29, 1.82) is 0 Å². The number of fused-ring (bicyclic) bond motifs is 1. The Morgan fingerprint density at radius 3 is 2.66 bits per heavy atom. The lowest BCUT2D eigenvalue weighted by molar-refractivity contribution is -0.123. The summed E-state index contributed by atoms with van der Waals surface area (Å²) in [4.78, 5) is 35.9. The van der Waals surface area contributed by atoms with Gasteiger partial charge in [0.25, 0.3) is 0 Å².